The van der Waals surface area contributed by atoms with Gasteiger partial charge in [-0.1, -0.05) is 19.1 Å². The highest BCUT2D eigenvalue weighted by Gasteiger charge is 2.24. The van der Waals surface area contributed by atoms with Crippen LogP contribution in [-0.2, 0) is 0 Å². The first-order chi connectivity index (χ1) is 11.0. The lowest BCUT2D eigenvalue weighted by Crippen LogP contribution is -2.10. The standard InChI is InChI=1S/C18H20O5/c1-11(12-5-7-13(21-2)8-6-12)16(19)14-9-10-15(22-3)18(23-4)17(14)20/h5-11,20H,1-4H3. The molecule has 23 heavy (non-hydrogen) atoms. The number of ether oxygens (including phenoxy) is 3. The smallest absolute Gasteiger partial charge is 0.203 e. The van der Waals surface area contributed by atoms with Crippen LogP contribution in [0.15, 0.2) is 36.4 Å². The molecule has 0 saturated heterocycles. The Labute approximate surface area is 135 Å². The Hall–Kier alpha value is -2.69. The summed E-state index contributed by atoms with van der Waals surface area (Å²) in [5.74, 6) is 0.428. The number of phenolic OH excluding ortho intramolecular Hbond substituents is 1. The number of hydrogen-bond donors (Lipinski definition) is 1. The fourth-order valence-electron chi connectivity index (χ4n) is 2.39. The zero-order chi connectivity index (χ0) is 17.0. The molecule has 2 aromatic carbocycles. The van der Waals surface area contributed by atoms with Gasteiger partial charge in [-0.25, -0.2) is 0 Å². The molecule has 1 atom stereocenters. The van der Waals surface area contributed by atoms with E-state index in [-0.39, 0.29) is 22.8 Å². The number of carbonyl (C=O) groups excluding carboxylic acids is 1. The monoisotopic (exact) mass is 316 g/mol. The number of ketones is 1. The maximum atomic E-state index is 12.7. The molecule has 5 heteroatoms. The van der Waals surface area contributed by atoms with Crippen LogP contribution in [0.5, 0.6) is 23.0 Å². The van der Waals surface area contributed by atoms with Gasteiger partial charge in [0.2, 0.25) is 5.75 Å². The topological polar surface area (TPSA) is 65.0 Å². The molecule has 0 bridgehead atoms. The zero-order valence-electron chi connectivity index (χ0n) is 13.6. The van der Waals surface area contributed by atoms with Crippen LogP contribution in [-0.4, -0.2) is 32.2 Å². The summed E-state index contributed by atoms with van der Waals surface area (Å²) in [5, 5.41) is 10.3. The highest BCUT2D eigenvalue weighted by Crippen LogP contribution is 2.40. The first-order valence-electron chi connectivity index (χ1n) is 7.15. The third kappa shape index (κ3) is 3.23. The average Bonchev–Trinajstić information content (AvgIpc) is 2.60. The van der Waals surface area contributed by atoms with E-state index in [2.05, 4.69) is 0 Å². The van der Waals surface area contributed by atoms with E-state index < -0.39 is 5.92 Å². The molecule has 0 heterocycles. The second kappa shape index (κ2) is 7.05. The maximum absolute atomic E-state index is 12.7. The first-order valence-corrected chi connectivity index (χ1v) is 7.15. The van der Waals surface area contributed by atoms with Gasteiger partial charge in [-0.3, -0.25) is 4.79 Å². The Morgan fingerprint density at radius 3 is 2.13 bits per heavy atom. The number of aromatic hydroxyl groups is 1. The number of phenols is 1. The summed E-state index contributed by atoms with van der Waals surface area (Å²) in [4.78, 5) is 12.7. The van der Waals surface area contributed by atoms with Crippen LogP contribution in [0.2, 0.25) is 0 Å². The Bertz CT molecular complexity index is 691. The normalized spacial score (nSPS) is 11.7. The van der Waals surface area contributed by atoms with Crippen molar-refractivity contribution in [2.75, 3.05) is 21.3 Å². The summed E-state index contributed by atoms with van der Waals surface area (Å²) in [6.07, 6.45) is 0. The lowest BCUT2D eigenvalue weighted by atomic mass is 9.91. The maximum Gasteiger partial charge on any atom is 0.203 e. The van der Waals surface area contributed by atoms with Gasteiger partial charge in [0.25, 0.3) is 0 Å². The van der Waals surface area contributed by atoms with Gasteiger partial charge in [0, 0.05) is 5.92 Å². The van der Waals surface area contributed by atoms with Crippen LogP contribution >= 0.6 is 0 Å². The van der Waals surface area contributed by atoms with Crippen molar-refractivity contribution in [3.05, 3.63) is 47.5 Å². The number of carbonyl (C=O) groups is 1. The number of rotatable bonds is 6. The lowest BCUT2D eigenvalue weighted by Gasteiger charge is -2.15. The quantitative estimate of drug-likeness (QED) is 0.827. The van der Waals surface area contributed by atoms with E-state index in [4.69, 9.17) is 14.2 Å². The Morgan fingerprint density at radius 2 is 1.61 bits per heavy atom. The Balaban J connectivity index is 2.35. The second-order valence-electron chi connectivity index (χ2n) is 5.06. The predicted molar refractivity (Wildman–Crippen MR) is 87.0 cm³/mol. The first kappa shape index (κ1) is 16.7. The molecule has 2 rings (SSSR count). The van der Waals surface area contributed by atoms with Gasteiger partial charge in [0.1, 0.15) is 5.75 Å². The van der Waals surface area contributed by atoms with Gasteiger partial charge in [-0.2, -0.15) is 0 Å². The van der Waals surface area contributed by atoms with Gasteiger partial charge in [0.15, 0.2) is 17.3 Å². The molecule has 122 valence electrons. The zero-order valence-corrected chi connectivity index (χ0v) is 13.6. The van der Waals surface area contributed by atoms with Crippen LogP contribution in [0.25, 0.3) is 0 Å². The second-order valence-corrected chi connectivity index (χ2v) is 5.06. The van der Waals surface area contributed by atoms with E-state index in [0.717, 1.165) is 11.3 Å². The molecule has 0 aliphatic rings. The fraction of sp³-hybridized carbons (Fsp3) is 0.278. The largest absolute Gasteiger partial charge is 0.504 e. The summed E-state index contributed by atoms with van der Waals surface area (Å²) in [5.41, 5.74) is 1.04. The highest BCUT2D eigenvalue weighted by molar-refractivity contribution is 6.03. The molecule has 0 radical (unpaired) electrons. The number of methoxy groups -OCH3 is 3. The summed E-state index contributed by atoms with van der Waals surface area (Å²) in [7, 11) is 4.47. The third-order valence-electron chi connectivity index (χ3n) is 3.79. The minimum atomic E-state index is -0.412. The van der Waals surface area contributed by atoms with Crippen LogP contribution in [0.1, 0.15) is 28.8 Å². The molecule has 0 saturated carbocycles. The lowest BCUT2D eigenvalue weighted by molar-refractivity contribution is 0.0962. The molecule has 0 spiro atoms. The van der Waals surface area contributed by atoms with Gasteiger partial charge in [0.05, 0.1) is 26.9 Å². The van der Waals surface area contributed by atoms with Crippen LogP contribution in [0, 0.1) is 0 Å². The van der Waals surface area contributed by atoms with Crippen molar-refractivity contribution in [2.24, 2.45) is 0 Å². The number of benzene rings is 2. The van der Waals surface area contributed by atoms with Crippen molar-refractivity contribution in [3.63, 3.8) is 0 Å². The van der Waals surface area contributed by atoms with Crippen molar-refractivity contribution in [2.45, 2.75) is 12.8 Å². The van der Waals surface area contributed by atoms with E-state index in [1.54, 1.807) is 38.3 Å². The third-order valence-corrected chi connectivity index (χ3v) is 3.79. The predicted octanol–water partition coefficient (Wildman–Crippen LogP) is 3.40. The van der Waals surface area contributed by atoms with Gasteiger partial charge in [-0.05, 0) is 29.8 Å². The summed E-state index contributed by atoms with van der Waals surface area (Å²) in [6.45, 7) is 1.79. The van der Waals surface area contributed by atoms with E-state index in [9.17, 15) is 9.90 Å². The van der Waals surface area contributed by atoms with Gasteiger partial charge < -0.3 is 19.3 Å². The fourth-order valence-corrected chi connectivity index (χ4v) is 2.39. The molecule has 0 aliphatic heterocycles. The molecule has 0 amide bonds. The van der Waals surface area contributed by atoms with Crippen molar-refractivity contribution in [3.8, 4) is 23.0 Å². The molecule has 5 nitrogen and oxygen atoms in total. The number of Topliss-reactive ketones (excluding diaryl/α,β-unsaturated/α-hetero) is 1. The minimum absolute atomic E-state index is 0.153. The van der Waals surface area contributed by atoms with Crippen LogP contribution < -0.4 is 14.2 Å². The van der Waals surface area contributed by atoms with Crippen molar-refractivity contribution in [1.82, 2.24) is 0 Å². The highest BCUT2D eigenvalue weighted by atomic mass is 16.5. The van der Waals surface area contributed by atoms with Gasteiger partial charge >= 0.3 is 0 Å². The summed E-state index contributed by atoms with van der Waals surface area (Å²) < 4.78 is 15.4. The molecule has 0 aliphatic carbocycles. The van der Waals surface area contributed by atoms with E-state index in [1.807, 2.05) is 12.1 Å². The summed E-state index contributed by atoms with van der Waals surface area (Å²) in [6, 6.07) is 10.4. The van der Waals surface area contributed by atoms with Crippen LogP contribution in [0.4, 0.5) is 0 Å². The molecule has 1 unspecified atom stereocenters. The summed E-state index contributed by atoms with van der Waals surface area (Å²) >= 11 is 0. The molecular weight excluding hydrogens is 296 g/mol. The SMILES string of the molecule is COc1ccc(C(C)C(=O)c2ccc(OC)c(OC)c2O)cc1. The molecule has 0 aromatic heterocycles. The molecule has 2 aromatic rings. The van der Waals surface area contributed by atoms with Crippen molar-refractivity contribution >= 4 is 5.78 Å². The van der Waals surface area contributed by atoms with E-state index in [0.29, 0.717) is 5.75 Å². The minimum Gasteiger partial charge on any atom is -0.504 e. The van der Waals surface area contributed by atoms with Gasteiger partial charge in [-0.15, -0.1) is 0 Å². The average molecular weight is 316 g/mol. The van der Waals surface area contributed by atoms with Crippen molar-refractivity contribution < 1.29 is 24.1 Å². The van der Waals surface area contributed by atoms with E-state index in [1.165, 1.54) is 14.2 Å². The van der Waals surface area contributed by atoms with Crippen molar-refractivity contribution in [1.29, 1.82) is 0 Å². The number of hydrogen-bond acceptors (Lipinski definition) is 5. The molecule has 0 fully saturated rings. The molecular formula is C18H20O5. The van der Waals surface area contributed by atoms with Crippen LogP contribution in [0.3, 0.4) is 0 Å². The molecule has 1 N–H and O–H groups in total. The Morgan fingerprint density at radius 1 is 0.957 bits per heavy atom. The van der Waals surface area contributed by atoms with E-state index >= 15 is 0 Å². The Kier molecular flexibility index (Phi) is 5.11.